The molecule has 0 saturated carbocycles. The van der Waals surface area contributed by atoms with Crippen LogP contribution in [0.1, 0.15) is 5.56 Å². The minimum Gasteiger partial charge on any atom is -0.497 e. The van der Waals surface area contributed by atoms with E-state index in [0.717, 1.165) is 6.08 Å². The normalized spacial score (nSPS) is 11.1. The van der Waals surface area contributed by atoms with Crippen LogP contribution in [-0.2, 0) is 4.79 Å². The molecule has 0 fully saturated rings. The maximum absolute atomic E-state index is 10.5. The molecule has 0 aliphatic heterocycles. The lowest BCUT2D eigenvalue weighted by Gasteiger charge is -2.09. The lowest BCUT2D eigenvalue weighted by atomic mass is 10.1. The SMILES string of the molecule is COc1ccc(/C(Cl)=C/C(=O)O)c(OC)c1. The van der Waals surface area contributed by atoms with Crippen molar-refractivity contribution in [3.63, 3.8) is 0 Å². The van der Waals surface area contributed by atoms with Crippen LogP contribution in [0.15, 0.2) is 24.3 Å². The van der Waals surface area contributed by atoms with Crippen LogP contribution in [0, 0.1) is 0 Å². The van der Waals surface area contributed by atoms with Gasteiger partial charge in [0.2, 0.25) is 0 Å². The van der Waals surface area contributed by atoms with Gasteiger partial charge in [-0.2, -0.15) is 0 Å². The van der Waals surface area contributed by atoms with Gasteiger partial charge in [0.05, 0.1) is 19.3 Å². The lowest BCUT2D eigenvalue weighted by Crippen LogP contribution is -1.93. The van der Waals surface area contributed by atoms with E-state index >= 15 is 0 Å². The van der Waals surface area contributed by atoms with Gasteiger partial charge in [0.1, 0.15) is 11.5 Å². The molecule has 0 spiro atoms. The zero-order chi connectivity index (χ0) is 12.1. The van der Waals surface area contributed by atoms with Gasteiger partial charge in [-0.1, -0.05) is 11.6 Å². The van der Waals surface area contributed by atoms with Crippen LogP contribution in [0.5, 0.6) is 11.5 Å². The highest BCUT2D eigenvalue weighted by atomic mass is 35.5. The first kappa shape index (κ1) is 12.4. The Kier molecular flexibility index (Phi) is 4.19. The maximum Gasteiger partial charge on any atom is 0.329 e. The average Bonchev–Trinajstić information content (AvgIpc) is 2.27. The molecule has 1 N–H and O–H groups in total. The topological polar surface area (TPSA) is 55.8 Å². The minimum absolute atomic E-state index is 0.104. The number of carboxylic acids is 1. The molecule has 0 heterocycles. The van der Waals surface area contributed by atoms with E-state index in [1.165, 1.54) is 14.2 Å². The Morgan fingerprint density at radius 1 is 1.38 bits per heavy atom. The van der Waals surface area contributed by atoms with Crippen molar-refractivity contribution in [3.05, 3.63) is 29.8 Å². The molecule has 86 valence electrons. The van der Waals surface area contributed by atoms with Crippen LogP contribution in [0.4, 0.5) is 0 Å². The molecule has 0 aromatic heterocycles. The Morgan fingerprint density at radius 3 is 2.56 bits per heavy atom. The van der Waals surface area contributed by atoms with Crippen molar-refractivity contribution in [2.24, 2.45) is 0 Å². The largest absolute Gasteiger partial charge is 0.497 e. The maximum atomic E-state index is 10.5. The summed E-state index contributed by atoms with van der Waals surface area (Å²) in [4.78, 5) is 10.5. The summed E-state index contributed by atoms with van der Waals surface area (Å²) in [6.45, 7) is 0. The quantitative estimate of drug-likeness (QED) is 0.824. The van der Waals surface area contributed by atoms with Gasteiger partial charge in [-0.3, -0.25) is 0 Å². The van der Waals surface area contributed by atoms with Crippen molar-refractivity contribution in [1.29, 1.82) is 0 Å². The Morgan fingerprint density at radius 2 is 2.06 bits per heavy atom. The number of benzene rings is 1. The number of carboxylic acid groups (broad SMARTS) is 1. The Balaban J connectivity index is 3.18. The zero-order valence-corrected chi connectivity index (χ0v) is 9.62. The van der Waals surface area contributed by atoms with Gasteiger partial charge in [-0.25, -0.2) is 4.79 Å². The highest BCUT2D eigenvalue weighted by molar-refractivity contribution is 6.50. The smallest absolute Gasteiger partial charge is 0.329 e. The number of rotatable bonds is 4. The highest BCUT2D eigenvalue weighted by Crippen LogP contribution is 2.31. The molecule has 0 radical (unpaired) electrons. The molecule has 0 amide bonds. The Labute approximate surface area is 98.1 Å². The summed E-state index contributed by atoms with van der Waals surface area (Å²) < 4.78 is 10.1. The molecule has 0 saturated heterocycles. The van der Waals surface area contributed by atoms with E-state index in [4.69, 9.17) is 26.2 Å². The van der Waals surface area contributed by atoms with E-state index in [9.17, 15) is 4.79 Å². The molecule has 0 atom stereocenters. The number of aliphatic carboxylic acids is 1. The molecule has 0 bridgehead atoms. The summed E-state index contributed by atoms with van der Waals surface area (Å²) in [7, 11) is 3.01. The van der Waals surface area contributed by atoms with E-state index in [2.05, 4.69) is 0 Å². The average molecular weight is 243 g/mol. The van der Waals surface area contributed by atoms with Crippen LogP contribution in [0.3, 0.4) is 0 Å². The predicted octanol–water partition coefficient (Wildman–Crippen LogP) is 2.37. The van der Waals surface area contributed by atoms with Gasteiger partial charge < -0.3 is 14.6 Å². The summed E-state index contributed by atoms with van der Waals surface area (Å²) in [5.74, 6) is -0.0369. The van der Waals surface area contributed by atoms with E-state index in [1.54, 1.807) is 18.2 Å². The molecule has 1 aromatic carbocycles. The molecule has 4 nitrogen and oxygen atoms in total. The fourth-order valence-electron chi connectivity index (χ4n) is 1.18. The zero-order valence-electron chi connectivity index (χ0n) is 8.86. The molecule has 1 aromatic rings. The van der Waals surface area contributed by atoms with Gasteiger partial charge in [0.25, 0.3) is 0 Å². The van der Waals surface area contributed by atoms with Crippen LogP contribution in [0.25, 0.3) is 5.03 Å². The molecule has 0 aliphatic carbocycles. The molecular weight excluding hydrogens is 232 g/mol. The number of hydrogen-bond acceptors (Lipinski definition) is 3. The monoisotopic (exact) mass is 242 g/mol. The molecule has 16 heavy (non-hydrogen) atoms. The van der Waals surface area contributed by atoms with Crippen LogP contribution < -0.4 is 9.47 Å². The van der Waals surface area contributed by atoms with Crippen molar-refractivity contribution in [2.75, 3.05) is 14.2 Å². The summed E-state index contributed by atoms with van der Waals surface area (Å²) in [6, 6.07) is 4.95. The molecule has 0 unspecified atom stereocenters. The first-order valence-corrected chi connectivity index (χ1v) is 4.78. The fraction of sp³-hybridized carbons (Fsp3) is 0.182. The number of halogens is 1. The van der Waals surface area contributed by atoms with Gasteiger partial charge in [-0.15, -0.1) is 0 Å². The number of methoxy groups -OCH3 is 2. The van der Waals surface area contributed by atoms with Crippen LogP contribution in [0.2, 0.25) is 0 Å². The van der Waals surface area contributed by atoms with Gasteiger partial charge in [0.15, 0.2) is 0 Å². The predicted molar refractivity (Wildman–Crippen MR) is 61.0 cm³/mol. The van der Waals surface area contributed by atoms with Gasteiger partial charge in [0, 0.05) is 17.7 Å². The van der Waals surface area contributed by atoms with Gasteiger partial charge >= 0.3 is 5.97 Å². The summed E-state index contributed by atoms with van der Waals surface area (Å²) in [6.07, 6.45) is 0.909. The molecule has 0 aliphatic rings. The minimum atomic E-state index is -1.11. The number of carbonyl (C=O) groups is 1. The van der Waals surface area contributed by atoms with Crippen LogP contribution in [-0.4, -0.2) is 25.3 Å². The molecule has 5 heteroatoms. The van der Waals surface area contributed by atoms with Crippen molar-refractivity contribution in [2.45, 2.75) is 0 Å². The number of ether oxygens (including phenoxy) is 2. The third-order valence-corrected chi connectivity index (χ3v) is 2.23. The van der Waals surface area contributed by atoms with Crippen molar-refractivity contribution >= 4 is 22.6 Å². The van der Waals surface area contributed by atoms with E-state index in [1.807, 2.05) is 0 Å². The number of hydrogen-bond donors (Lipinski definition) is 1. The molecular formula is C11H11ClO4. The lowest BCUT2D eigenvalue weighted by molar-refractivity contribution is -0.131. The first-order valence-electron chi connectivity index (χ1n) is 4.41. The van der Waals surface area contributed by atoms with E-state index in [-0.39, 0.29) is 5.03 Å². The summed E-state index contributed by atoms with van der Waals surface area (Å²) in [5, 5.41) is 8.69. The molecule has 1 rings (SSSR count). The van der Waals surface area contributed by atoms with Crippen molar-refractivity contribution < 1.29 is 19.4 Å². The van der Waals surface area contributed by atoms with Crippen LogP contribution >= 0.6 is 11.6 Å². The van der Waals surface area contributed by atoms with E-state index < -0.39 is 5.97 Å². The second-order valence-electron chi connectivity index (χ2n) is 2.90. The van der Waals surface area contributed by atoms with E-state index in [0.29, 0.717) is 17.1 Å². The summed E-state index contributed by atoms with van der Waals surface area (Å²) >= 11 is 5.84. The highest BCUT2D eigenvalue weighted by Gasteiger charge is 2.09. The van der Waals surface area contributed by atoms with Crippen molar-refractivity contribution in [1.82, 2.24) is 0 Å². The fourth-order valence-corrected chi connectivity index (χ4v) is 1.43. The second-order valence-corrected chi connectivity index (χ2v) is 3.30. The first-order chi connectivity index (χ1) is 7.58. The second kappa shape index (κ2) is 5.42. The third kappa shape index (κ3) is 2.90. The third-order valence-electron chi connectivity index (χ3n) is 1.92. The van der Waals surface area contributed by atoms with Crippen molar-refractivity contribution in [3.8, 4) is 11.5 Å². The Hall–Kier alpha value is -1.68. The summed E-state index contributed by atoms with van der Waals surface area (Å²) in [5.41, 5.74) is 0.507. The van der Waals surface area contributed by atoms with Gasteiger partial charge in [-0.05, 0) is 12.1 Å². The standard InChI is InChI=1S/C11H11ClO4/c1-15-7-3-4-8(10(5-7)16-2)9(12)6-11(13)14/h3-6H,1-2H3,(H,13,14)/b9-6-. The Bertz CT molecular complexity index is 426.